The third-order valence-corrected chi connectivity index (χ3v) is 4.71. The fourth-order valence-electron chi connectivity index (χ4n) is 3.38. The van der Waals surface area contributed by atoms with Gasteiger partial charge in [-0.3, -0.25) is 5.43 Å². The number of benzene rings is 1. The Hall–Kier alpha value is -1.50. The van der Waals surface area contributed by atoms with Crippen molar-refractivity contribution in [3.8, 4) is 17.2 Å². The van der Waals surface area contributed by atoms with E-state index in [4.69, 9.17) is 18.9 Å². The summed E-state index contributed by atoms with van der Waals surface area (Å²) in [5.41, 5.74) is 4.81. The fourth-order valence-corrected chi connectivity index (χ4v) is 3.38. The minimum absolute atomic E-state index is 0.386. The average Bonchev–Trinajstić information content (AvgIpc) is 3.06. The van der Waals surface area contributed by atoms with Gasteiger partial charge in [-0.25, -0.2) is 5.01 Å². The standard InChI is InChI=1S/C19H32N2O4/c1-14(20-21-10-6-7-16(21)13-22-2)8-9-15-11-17(23-3)19(25-5)18(12-15)24-4/h11-12,14,16,20H,6-10,13H2,1-5H3/t14-,16+/m1/s1. The molecule has 0 amide bonds. The summed E-state index contributed by atoms with van der Waals surface area (Å²) < 4.78 is 21.6. The summed E-state index contributed by atoms with van der Waals surface area (Å²) in [6.45, 7) is 4.09. The molecule has 1 aromatic rings. The normalized spacial score (nSPS) is 19.0. The Morgan fingerprint density at radius 3 is 2.36 bits per heavy atom. The van der Waals surface area contributed by atoms with Crippen LogP contribution in [0.15, 0.2) is 12.1 Å². The van der Waals surface area contributed by atoms with Gasteiger partial charge in [0.2, 0.25) is 5.75 Å². The van der Waals surface area contributed by atoms with Crippen molar-refractivity contribution in [3.05, 3.63) is 17.7 Å². The van der Waals surface area contributed by atoms with Gasteiger partial charge < -0.3 is 18.9 Å². The Morgan fingerprint density at radius 1 is 1.12 bits per heavy atom. The van der Waals surface area contributed by atoms with Crippen LogP contribution in [-0.4, -0.2) is 58.7 Å². The first-order valence-electron chi connectivity index (χ1n) is 8.93. The van der Waals surface area contributed by atoms with E-state index >= 15 is 0 Å². The van der Waals surface area contributed by atoms with E-state index in [1.54, 1.807) is 28.4 Å². The molecule has 1 saturated heterocycles. The second-order valence-corrected chi connectivity index (χ2v) is 6.55. The Bertz CT molecular complexity index is 513. The maximum Gasteiger partial charge on any atom is 0.203 e. The van der Waals surface area contributed by atoms with Crippen LogP contribution in [0, 0.1) is 0 Å². The first-order valence-corrected chi connectivity index (χ1v) is 8.93. The van der Waals surface area contributed by atoms with Gasteiger partial charge >= 0.3 is 0 Å². The summed E-state index contributed by atoms with van der Waals surface area (Å²) in [4.78, 5) is 0. The molecule has 1 aliphatic rings. The summed E-state index contributed by atoms with van der Waals surface area (Å²) in [5.74, 6) is 2.05. The molecule has 6 heteroatoms. The molecule has 0 bridgehead atoms. The van der Waals surface area contributed by atoms with Crippen molar-refractivity contribution in [2.45, 2.75) is 44.7 Å². The Kier molecular flexibility index (Phi) is 7.81. The van der Waals surface area contributed by atoms with Crippen LogP contribution in [0.25, 0.3) is 0 Å². The molecule has 142 valence electrons. The van der Waals surface area contributed by atoms with Crippen molar-refractivity contribution in [2.75, 3.05) is 41.6 Å². The summed E-state index contributed by atoms with van der Waals surface area (Å²) >= 11 is 0. The van der Waals surface area contributed by atoms with Crippen molar-refractivity contribution < 1.29 is 18.9 Å². The van der Waals surface area contributed by atoms with Gasteiger partial charge in [0.05, 0.1) is 27.9 Å². The van der Waals surface area contributed by atoms with Crippen molar-refractivity contribution in [1.29, 1.82) is 0 Å². The van der Waals surface area contributed by atoms with Gasteiger partial charge in [0.1, 0.15) is 0 Å². The van der Waals surface area contributed by atoms with Crippen LogP contribution >= 0.6 is 0 Å². The fraction of sp³-hybridized carbons (Fsp3) is 0.684. The number of nitrogens with zero attached hydrogens (tertiary/aromatic N) is 1. The van der Waals surface area contributed by atoms with Crippen molar-refractivity contribution in [1.82, 2.24) is 10.4 Å². The molecule has 2 rings (SSSR count). The maximum atomic E-state index is 5.43. The van der Waals surface area contributed by atoms with Crippen molar-refractivity contribution >= 4 is 0 Å². The van der Waals surface area contributed by atoms with E-state index in [-0.39, 0.29) is 0 Å². The predicted octanol–water partition coefficient (Wildman–Crippen LogP) is 2.65. The van der Waals surface area contributed by atoms with E-state index < -0.39 is 0 Å². The van der Waals surface area contributed by atoms with E-state index in [2.05, 4.69) is 17.4 Å². The molecule has 2 atom stereocenters. The van der Waals surface area contributed by atoms with Gasteiger partial charge in [0, 0.05) is 25.7 Å². The zero-order valence-corrected chi connectivity index (χ0v) is 16.1. The number of rotatable bonds is 10. The summed E-state index contributed by atoms with van der Waals surface area (Å²) in [7, 11) is 6.69. The van der Waals surface area contributed by atoms with E-state index in [0.717, 1.165) is 26.0 Å². The van der Waals surface area contributed by atoms with Gasteiger partial charge in [-0.05, 0) is 50.3 Å². The number of aryl methyl sites for hydroxylation is 1. The molecule has 0 unspecified atom stereocenters. The average molecular weight is 352 g/mol. The van der Waals surface area contributed by atoms with E-state index in [1.165, 1.54) is 18.4 Å². The molecule has 25 heavy (non-hydrogen) atoms. The van der Waals surface area contributed by atoms with E-state index in [0.29, 0.717) is 29.3 Å². The minimum atomic E-state index is 0.386. The molecule has 1 heterocycles. The van der Waals surface area contributed by atoms with E-state index in [1.807, 2.05) is 12.1 Å². The molecular formula is C19H32N2O4. The Labute approximate surface area is 151 Å². The smallest absolute Gasteiger partial charge is 0.203 e. The molecule has 0 radical (unpaired) electrons. The second-order valence-electron chi connectivity index (χ2n) is 6.55. The highest BCUT2D eigenvalue weighted by molar-refractivity contribution is 5.53. The molecule has 1 aliphatic heterocycles. The molecule has 6 nitrogen and oxygen atoms in total. The predicted molar refractivity (Wildman–Crippen MR) is 98.6 cm³/mol. The van der Waals surface area contributed by atoms with Crippen LogP contribution in [0.5, 0.6) is 17.2 Å². The highest BCUT2D eigenvalue weighted by Crippen LogP contribution is 2.38. The number of hydrogen-bond donors (Lipinski definition) is 1. The highest BCUT2D eigenvalue weighted by Gasteiger charge is 2.25. The van der Waals surface area contributed by atoms with Gasteiger partial charge in [-0.15, -0.1) is 0 Å². The van der Waals surface area contributed by atoms with Crippen LogP contribution in [-0.2, 0) is 11.2 Å². The molecule has 1 fully saturated rings. The first-order chi connectivity index (χ1) is 12.1. The third-order valence-electron chi connectivity index (χ3n) is 4.71. The lowest BCUT2D eigenvalue weighted by molar-refractivity contribution is 0.0720. The second kappa shape index (κ2) is 9.85. The zero-order chi connectivity index (χ0) is 18.2. The van der Waals surface area contributed by atoms with Gasteiger partial charge in [-0.1, -0.05) is 0 Å². The van der Waals surface area contributed by atoms with Crippen molar-refractivity contribution in [3.63, 3.8) is 0 Å². The summed E-state index contributed by atoms with van der Waals surface area (Å²) in [6, 6.07) is 4.92. The molecule has 0 saturated carbocycles. The molecule has 1 N–H and O–H groups in total. The number of hydrogen-bond acceptors (Lipinski definition) is 6. The zero-order valence-electron chi connectivity index (χ0n) is 16.1. The van der Waals surface area contributed by atoms with Gasteiger partial charge in [-0.2, -0.15) is 0 Å². The first kappa shape index (κ1) is 19.8. The largest absolute Gasteiger partial charge is 0.493 e. The van der Waals surface area contributed by atoms with Crippen LogP contribution in [0.2, 0.25) is 0 Å². The number of methoxy groups -OCH3 is 4. The summed E-state index contributed by atoms with van der Waals surface area (Å²) in [5, 5.41) is 2.34. The monoisotopic (exact) mass is 352 g/mol. The van der Waals surface area contributed by atoms with Crippen LogP contribution in [0.1, 0.15) is 31.7 Å². The lowest BCUT2D eigenvalue weighted by Gasteiger charge is -2.28. The molecular weight excluding hydrogens is 320 g/mol. The number of nitrogens with one attached hydrogen (secondary N) is 1. The molecule has 0 spiro atoms. The van der Waals surface area contributed by atoms with Crippen LogP contribution < -0.4 is 19.6 Å². The molecule has 0 aliphatic carbocycles. The molecule has 1 aromatic carbocycles. The minimum Gasteiger partial charge on any atom is -0.493 e. The lowest BCUT2D eigenvalue weighted by atomic mass is 10.1. The van der Waals surface area contributed by atoms with Crippen LogP contribution in [0.4, 0.5) is 0 Å². The third kappa shape index (κ3) is 5.23. The topological polar surface area (TPSA) is 52.2 Å². The van der Waals surface area contributed by atoms with Gasteiger partial charge in [0.25, 0.3) is 0 Å². The Morgan fingerprint density at radius 2 is 1.80 bits per heavy atom. The highest BCUT2D eigenvalue weighted by atomic mass is 16.5. The SMILES string of the molecule is COC[C@@H]1CCCN1N[C@H](C)CCc1cc(OC)c(OC)c(OC)c1. The van der Waals surface area contributed by atoms with Crippen LogP contribution in [0.3, 0.4) is 0 Å². The maximum absolute atomic E-state index is 5.43. The number of hydrazine groups is 1. The van der Waals surface area contributed by atoms with E-state index in [9.17, 15) is 0 Å². The van der Waals surface area contributed by atoms with Gasteiger partial charge in [0.15, 0.2) is 11.5 Å². The lowest BCUT2D eigenvalue weighted by Crippen LogP contribution is -2.47. The quantitative estimate of drug-likeness (QED) is 0.699. The summed E-state index contributed by atoms with van der Waals surface area (Å²) in [6.07, 6.45) is 4.38. The van der Waals surface area contributed by atoms with Crippen molar-refractivity contribution in [2.24, 2.45) is 0 Å². The molecule has 0 aromatic heterocycles. The Balaban J connectivity index is 1.94. The number of ether oxygens (including phenoxy) is 4.